The summed E-state index contributed by atoms with van der Waals surface area (Å²) in [6, 6.07) is 8.79. The zero-order valence-electron chi connectivity index (χ0n) is 10.4. The van der Waals surface area contributed by atoms with Crippen LogP contribution in [0, 0.1) is 12.3 Å². The molecule has 0 atom stereocenters. The molecule has 0 aromatic heterocycles. The summed E-state index contributed by atoms with van der Waals surface area (Å²) in [5.74, 6) is 0. The summed E-state index contributed by atoms with van der Waals surface area (Å²) in [6.45, 7) is 11.0. The van der Waals surface area contributed by atoms with Gasteiger partial charge < -0.3 is 5.32 Å². The maximum absolute atomic E-state index is 3.49. The summed E-state index contributed by atoms with van der Waals surface area (Å²) >= 11 is 0. The second-order valence-electron chi connectivity index (χ2n) is 5.47. The Labute approximate surface area is 93.9 Å². The molecule has 0 bridgehead atoms. The molecule has 0 amide bonds. The summed E-state index contributed by atoms with van der Waals surface area (Å²) in [6.07, 6.45) is 1.12. The quantitative estimate of drug-likeness (QED) is 0.744. The fourth-order valence-electron chi connectivity index (χ4n) is 1.45. The van der Waals surface area contributed by atoms with Crippen LogP contribution >= 0.6 is 0 Å². The molecule has 0 aliphatic heterocycles. The molecule has 0 aliphatic carbocycles. The van der Waals surface area contributed by atoms with Crippen molar-refractivity contribution in [3.63, 3.8) is 0 Å². The minimum Gasteiger partial charge on any atom is -0.316 e. The van der Waals surface area contributed by atoms with Gasteiger partial charge in [0, 0.05) is 6.54 Å². The van der Waals surface area contributed by atoms with Crippen molar-refractivity contribution in [3.05, 3.63) is 35.4 Å². The molecule has 0 unspecified atom stereocenters. The van der Waals surface area contributed by atoms with Gasteiger partial charge in [0.25, 0.3) is 0 Å². The number of hydrogen-bond acceptors (Lipinski definition) is 1. The van der Waals surface area contributed by atoms with Crippen LogP contribution in [0.15, 0.2) is 24.3 Å². The molecule has 0 radical (unpaired) electrons. The van der Waals surface area contributed by atoms with Crippen LogP contribution < -0.4 is 5.32 Å². The SMILES string of the molecule is Cc1ccc(CCNCC(C)(C)C)cc1. The smallest absolute Gasteiger partial charge is 0.000000406 e. The van der Waals surface area contributed by atoms with Gasteiger partial charge in [0.1, 0.15) is 0 Å². The molecule has 15 heavy (non-hydrogen) atoms. The van der Waals surface area contributed by atoms with E-state index >= 15 is 0 Å². The Morgan fingerprint density at radius 1 is 1.07 bits per heavy atom. The van der Waals surface area contributed by atoms with E-state index in [0.29, 0.717) is 5.41 Å². The molecule has 1 nitrogen and oxygen atoms in total. The lowest BCUT2D eigenvalue weighted by Crippen LogP contribution is -2.28. The number of benzene rings is 1. The van der Waals surface area contributed by atoms with Crippen molar-refractivity contribution in [1.82, 2.24) is 5.32 Å². The second-order valence-corrected chi connectivity index (χ2v) is 5.47. The highest BCUT2D eigenvalue weighted by molar-refractivity contribution is 5.21. The third kappa shape index (κ3) is 5.58. The van der Waals surface area contributed by atoms with Gasteiger partial charge in [-0.3, -0.25) is 0 Å². The van der Waals surface area contributed by atoms with Crippen LogP contribution in [0.3, 0.4) is 0 Å². The van der Waals surface area contributed by atoms with E-state index < -0.39 is 0 Å². The molecular weight excluding hydrogens is 182 g/mol. The van der Waals surface area contributed by atoms with Crippen molar-refractivity contribution < 1.29 is 0 Å². The maximum atomic E-state index is 3.49. The fourth-order valence-corrected chi connectivity index (χ4v) is 1.45. The number of aryl methyl sites for hydroxylation is 1. The number of hydrogen-bond donors (Lipinski definition) is 1. The van der Waals surface area contributed by atoms with Crippen LogP contribution in [-0.4, -0.2) is 13.1 Å². The topological polar surface area (TPSA) is 12.0 Å². The minimum absolute atomic E-state index is 0.382. The normalized spacial score (nSPS) is 11.7. The first-order chi connectivity index (χ1) is 6.97. The Bertz CT molecular complexity index is 279. The third-order valence-corrected chi connectivity index (χ3v) is 2.37. The number of rotatable bonds is 4. The van der Waals surface area contributed by atoms with Gasteiger partial charge in [-0.15, -0.1) is 0 Å². The fraction of sp³-hybridized carbons (Fsp3) is 0.571. The molecule has 1 aromatic carbocycles. The molecule has 1 N–H and O–H groups in total. The van der Waals surface area contributed by atoms with E-state index in [1.807, 2.05) is 0 Å². The Kier molecular flexibility index (Phi) is 4.34. The maximum Gasteiger partial charge on any atom is 0.000000406 e. The highest BCUT2D eigenvalue weighted by atomic mass is 14.9. The molecule has 0 saturated heterocycles. The molecule has 84 valence electrons. The molecule has 1 aromatic rings. The van der Waals surface area contributed by atoms with Crippen LogP contribution in [0.4, 0.5) is 0 Å². The lowest BCUT2D eigenvalue weighted by Gasteiger charge is -2.18. The van der Waals surface area contributed by atoms with E-state index in [0.717, 1.165) is 19.5 Å². The lowest BCUT2D eigenvalue weighted by molar-refractivity contribution is 0.381. The van der Waals surface area contributed by atoms with Crippen molar-refractivity contribution in [2.24, 2.45) is 5.41 Å². The van der Waals surface area contributed by atoms with E-state index in [-0.39, 0.29) is 0 Å². The van der Waals surface area contributed by atoms with Crippen molar-refractivity contribution in [3.8, 4) is 0 Å². The van der Waals surface area contributed by atoms with Crippen molar-refractivity contribution in [2.45, 2.75) is 34.1 Å². The Balaban J connectivity index is 2.23. The van der Waals surface area contributed by atoms with Crippen LogP contribution in [0.1, 0.15) is 31.9 Å². The van der Waals surface area contributed by atoms with Gasteiger partial charge >= 0.3 is 0 Å². The summed E-state index contributed by atoms with van der Waals surface area (Å²) in [7, 11) is 0. The van der Waals surface area contributed by atoms with Gasteiger partial charge in [-0.25, -0.2) is 0 Å². The van der Waals surface area contributed by atoms with E-state index in [4.69, 9.17) is 0 Å². The molecule has 1 rings (SSSR count). The predicted octanol–water partition coefficient (Wildman–Crippen LogP) is 3.17. The largest absolute Gasteiger partial charge is 0.316 e. The average Bonchev–Trinajstić information content (AvgIpc) is 2.14. The molecule has 0 heterocycles. The zero-order valence-corrected chi connectivity index (χ0v) is 10.4. The molecule has 1 heteroatoms. The Morgan fingerprint density at radius 2 is 1.67 bits per heavy atom. The van der Waals surface area contributed by atoms with E-state index in [2.05, 4.69) is 57.3 Å². The highest BCUT2D eigenvalue weighted by Crippen LogP contribution is 2.10. The zero-order chi connectivity index (χ0) is 11.3. The first-order valence-corrected chi connectivity index (χ1v) is 5.74. The van der Waals surface area contributed by atoms with Crippen LogP contribution in [-0.2, 0) is 6.42 Å². The van der Waals surface area contributed by atoms with Crippen LogP contribution in [0.2, 0.25) is 0 Å². The van der Waals surface area contributed by atoms with Crippen LogP contribution in [0.25, 0.3) is 0 Å². The van der Waals surface area contributed by atoms with Crippen molar-refractivity contribution in [2.75, 3.05) is 13.1 Å². The summed E-state index contributed by atoms with van der Waals surface area (Å²) in [4.78, 5) is 0. The van der Waals surface area contributed by atoms with E-state index in [1.54, 1.807) is 0 Å². The summed E-state index contributed by atoms with van der Waals surface area (Å²) in [5.41, 5.74) is 3.14. The van der Waals surface area contributed by atoms with Gasteiger partial charge in [-0.05, 0) is 30.9 Å². The number of nitrogens with one attached hydrogen (secondary N) is 1. The monoisotopic (exact) mass is 205 g/mol. The average molecular weight is 205 g/mol. The Morgan fingerprint density at radius 3 is 2.20 bits per heavy atom. The van der Waals surface area contributed by atoms with Gasteiger partial charge in [0.2, 0.25) is 0 Å². The summed E-state index contributed by atoms with van der Waals surface area (Å²) in [5, 5.41) is 3.49. The second kappa shape index (κ2) is 5.32. The highest BCUT2D eigenvalue weighted by Gasteiger charge is 2.08. The van der Waals surface area contributed by atoms with Gasteiger partial charge in [0.15, 0.2) is 0 Å². The first-order valence-electron chi connectivity index (χ1n) is 5.74. The predicted molar refractivity (Wildman–Crippen MR) is 67.2 cm³/mol. The third-order valence-electron chi connectivity index (χ3n) is 2.37. The molecule has 0 aliphatic rings. The molecule has 0 saturated carbocycles. The Hall–Kier alpha value is -0.820. The molecule has 0 fully saturated rings. The lowest BCUT2D eigenvalue weighted by atomic mass is 9.97. The first kappa shape index (κ1) is 12.3. The van der Waals surface area contributed by atoms with Gasteiger partial charge in [-0.2, -0.15) is 0 Å². The minimum atomic E-state index is 0.382. The van der Waals surface area contributed by atoms with Gasteiger partial charge in [-0.1, -0.05) is 50.6 Å². The van der Waals surface area contributed by atoms with E-state index in [9.17, 15) is 0 Å². The standard InChI is InChI=1S/C14H23N/c1-12-5-7-13(8-6-12)9-10-15-11-14(2,3)4/h5-8,15H,9-11H2,1-4H3. The van der Waals surface area contributed by atoms with Crippen molar-refractivity contribution >= 4 is 0 Å². The van der Waals surface area contributed by atoms with Crippen molar-refractivity contribution in [1.29, 1.82) is 0 Å². The van der Waals surface area contributed by atoms with Gasteiger partial charge in [0.05, 0.1) is 0 Å². The summed E-state index contributed by atoms with van der Waals surface area (Å²) < 4.78 is 0. The van der Waals surface area contributed by atoms with E-state index in [1.165, 1.54) is 11.1 Å². The van der Waals surface area contributed by atoms with Crippen LogP contribution in [0.5, 0.6) is 0 Å². The molecule has 0 spiro atoms. The molecular formula is C14H23N.